The molecule has 1 saturated heterocycles. The van der Waals surface area contributed by atoms with Crippen molar-refractivity contribution < 1.29 is 14.3 Å². The third-order valence-corrected chi connectivity index (χ3v) is 2.24. The second-order valence-corrected chi connectivity index (χ2v) is 5.75. The van der Waals surface area contributed by atoms with Gasteiger partial charge in [-0.15, -0.1) is 0 Å². The maximum absolute atomic E-state index is 11.6. The van der Waals surface area contributed by atoms with Gasteiger partial charge in [-0.2, -0.15) is 0 Å². The molecule has 1 amide bonds. The van der Waals surface area contributed by atoms with Gasteiger partial charge in [0.05, 0.1) is 12.6 Å². The number of alkyl carbamates (subject to hydrolysis) is 1. The molecular formula is C12H23NO3. The minimum atomic E-state index is -0.448. The predicted octanol–water partition coefficient (Wildman–Crippen LogP) is 2.32. The zero-order valence-electron chi connectivity index (χ0n) is 10.9. The van der Waals surface area contributed by atoms with Crippen LogP contribution in [0, 0.1) is 5.92 Å². The van der Waals surface area contributed by atoms with Crippen LogP contribution in [0.25, 0.3) is 0 Å². The summed E-state index contributed by atoms with van der Waals surface area (Å²) in [5.41, 5.74) is -0.448. The van der Waals surface area contributed by atoms with Gasteiger partial charge < -0.3 is 14.8 Å². The van der Waals surface area contributed by atoms with Crippen LogP contribution in [0.1, 0.15) is 41.0 Å². The van der Waals surface area contributed by atoms with Gasteiger partial charge >= 0.3 is 6.09 Å². The second-order valence-electron chi connectivity index (χ2n) is 5.75. The molecule has 1 aliphatic heterocycles. The van der Waals surface area contributed by atoms with Gasteiger partial charge in [0.1, 0.15) is 11.7 Å². The van der Waals surface area contributed by atoms with Crippen molar-refractivity contribution in [3.8, 4) is 0 Å². The van der Waals surface area contributed by atoms with E-state index >= 15 is 0 Å². The van der Waals surface area contributed by atoms with Gasteiger partial charge in [-0.3, -0.25) is 0 Å². The lowest BCUT2D eigenvalue weighted by Crippen LogP contribution is -2.42. The molecule has 0 radical (unpaired) electrons. The highest BCUT2D eigenvalue weighted by atomic mass is 16.6. The molecule has 4 nitrogen and oxygen atoms in total. The average molecular weight is 229 g/mol. The zero-order valence-corrected chi connectivity index (χ0v) is 10.9. The molecule has 0 aromatic rings. The van der Waals surface area contributed by atoms with Crippen LogP contribution in [0.2, 0.25) is 0 Å². The number of epoxide rings is 1. The summed E-state index contributed by atoms with van der Waals surface area (Å²) in [6, 6.07) is 0.0786. The van der Waals surface area contributed by atoms with E-state index in [4.69, 9.17) is 9.47 Å². The van der Waals surface area contributed by atoms with Crippen molar-refractivity contribution in [2.75, 3.05) is 6.61 Å². The third kappa shape index (κ3) is 5.35. The highest BCUT2D eigenvalue weighted by Gasteiger charge is 2.35. The van der Waals surface area contributed by atoms with Crippen molar-refractivity contribution in [3.05, 3.63) is 0 Å². The lowest BCUT2D eigenvalue weighted by Gasteiger charge is -2.23. The van der Waals surface area contributed by atoms with Crippen LogP contribution >= 0.6 is 0 Å². The molecule has 2 unspecified atom stereocenters. The average Bonchev–Trinajstić information content (AvgIpc) is 2.78. The fourth-order valence-electron chi connectivity index (χ4n) is 1.56. The van der Waals surface area contributed by atoms with Crippen LogP contribution in [0.4, 0.5) is 4.79 Å². The Bertz CT molecular complexity index is 241. The molecule has 1 rings (SSSR count). The molecule has 1 fully saturated rings. The summed E-state index contributed by atoms with van der Waals surface area (Å²) in [5.74, 6) is 0.532. The third-order valence-electron chi connectivity index (χ3n) is 2.24. The van der Waals surface area contributed by atoms with Crippen LogP contribution in [-0.2, 0) is 9.47 Å². The van der Waals surface area contributed by atoms with E-state index in [0.29, 0.717) is 5.92 Å². The molecule has 0 spiro atoms. The minimum absolute atomic E-state index is 0.0786. The van der Waals surface area contributed by atoms with Crippen molar-refractivity contribution in [1.29, 1.82) is 0 Å². The molecule has 1 heterocycles. The Morgan fingerprint density at radius 3 is 2.44 bits per heavy atom. The topological polar surface area (TPSA) is 50.9 Å². The van der Waals surface area contributed by atoms with Crippen molar-refractivity contribution in [2.45, 2.75) is 58.8 Å². The largest absolute Gasteiger partial charge is 0.444 e. The highest BCUT2D eigenvalue weighted by molar-refractivity contribution is 5.68. The molecule has 0 bridgehead atoms. The smallest absolute Gasteiger partial charge is 0.407 e. The van der Waals surface area contributed by atoms with E-state index < -0.39 is 5.60 Å². The Morgan fingerprint density at radius 2 is 2.06 bits per heavy atom. The van der Waals surface area contributed by atoms with E-state index in [9.17, 15) is 4.79 Å². The summed E-state index contributed by atoms with van der Waals surface area (Å²) in [6.45, 7) is 10.6. The molecule has 0 aromatic heterocycles. The van der Waals surface area contributed by atoms with E-state index in [0.717, 1.165) is 13.0 Å². The van der Waals surface area contributed by atoms with Crippen LogP contribution < -0.4 is 5.32 Å². The van der Waals surface area contributed by atoms with Gasteiger partial charge in [0.2, 0.25) is 0 Å². The summed E-state index contributed by atoms with van der Waals surface area (Å²) >= 11 is 0. The maximum atomic E-state index is 11.6. The summed E-state index contributed by atoms with van der Waals surface area (Å²) < 4.78 is 10.5. The van der Waals surface area contributed by atoms with E-state index in [1.165, 1.54) is 0 Å². The Labute approximate surface area is 97.7 Å². The van der Waals surface area contributed by atoms with Crippen molar-refractivity contribution in [2.24, 2.45) is 5.92 Å². The molecule has 1 aliphatic rings. The summed E-state index contributed by atoms with van der Waals surface area (Å²) in [4.78, 5) is 11.6. The summed E-state index contributed by atoms with van der Waals surface area (Å²) in [5, 5.41) is 2.88. The molecule has 94 valence electrons. The molecule has 0 aliphatic carbocycles. The Kier molecular flexibility index (Phi) is 4.19. The van der Waals surface area contributed by atoms with E-state index in [1.807, 2.05) is 20.8 Å². The first-order valence-corrected chi connectivity index (χ1v) is 5.89. The Balaban J connectivity index is 2.39. The van der Waals surface area contributed by atoms with Gasteiger partial charge in [-0.25, -0.2) is 4.79 Å². The molecular weight excluding hydrogens is 206 g/mol. The van der Waals surface area contributed by atoms with Crippen molar-refractivity contribution >= 4 is 6.09 Å². The first-order valence-electron chi connectivity index (χ1n) is 5.89. The highest BCUT2D eigenvalue weighted by Crippen LogP contribution is 2.20. The SMILES string of the molecule is CC(C)CC(NC(=O)OC(C)(C)C)C1CO1. The number of hydrogen-bond donors (Lipinski definition) is 1. The van der Waals surface area contributed by atoms with Crippen LogP contribution in [0.3, 0.4) is 0 Å². The number of amides is 1. The summed E-state index contributed by atoms with van der Waals surface area (Å²) in [6.07, 6.45) is 0.743. The lowest BCUT2D eigenvalue weighted by molar-refractivity contribution is 0.0488. The first-order chi connectivity index (χ1) is 7.28. The number of nitrogens with one attached hydrogen (secondary N) is 1. The van der Waals surface area contributed by atoms with Crippen LogP contribution in [0.5, 0.6) is 0 Å². The van der Waals surface area contributed by atoms with Crippen molar-refractivity contribution in [3.63, 3.8) is 0 Å². The number of rotatable bonds is 4. The van der Waals surface area contributed by atoms with Gasteiger partial charge in [0.25, 0.3) is 0 Å². The summed E-state index contributed by atoms with van der Waals surface area (Å²) in [7, 11) is 0. The van der Waals surface area contributed by atoms with E-state index in [2.05, 4.69) is 19.2 Å². The molecule has 0 aromatic carbocycles. The Hall–Kier alpha value is -0.770. The standard InChI is InChI=1S/C12H23NO3/c1-8(2)6-9(10-7-15-10)13-11(14)16-12(3,4)5/h8-10H,6-7H2,1-5H3,(H,13,14). The molecule has 16 heavy (non-hydrogen) atoms. The quantitative estimate of drug-likeness (QED) is 0.753. The fourth-order valence-corrected chi connectivity index (χ4v) is 1.56. The van der Waals surface area contributed by atoms with Gasteiger partial charge in [0.15, 0.2) is 0 Å². The van der Waals surface area contributed by atoms with E-state index in [1.54, 1.807) is 0 Å². The molecule has 2 atom stereocenters. The first kappa shape index (κ1) is 13.3. The maximum Gasteiger partial charge on any atom is 0.407 e. The fraction of sp³-hybridized carbons (Fsp3) is 0.917. The normalized spacial score (nSPS) is 21.8. The molecule has 0 saturated carbocycles. The van der Waals surface area contributed by atoms with Crippen LogP contribution in [-0.4, -0.2) is 30.4 Å². The van der Waals surface area contributed by atoms with Gasteiger partial charge in [-0.05, 0) is 33.1 Å². The van der Waals surface area contributed by atoms with Gasteiger partial charge in [-0.1, -0.05) is 13.8 Å². The number of hydrogen-bond acceptors (Lipinski definition) is 3. The number of ether oxygens (including phenoxy) is 2. The van der Waals surface area contributed by atoms with Crippen molar-refractivity contribution in [1.82, 2.24) is 5.32 Å². The Morgan fingerprint density at radius 1 is 1.50 bits per heavy atom. The monoisotopic (exact) mass is 229 g/mol. The minimum Gasteiger partial charge on any atom is -0.444 e. The predicted molar refractivity (Wildman–Crippen MR) is 62.4 cm³/mol. The lowest BCUT2D eigenvalue weighted by atomic mass is 10.0. The molecule has 1 N–H and O–H groups in total. The van der Waals surface area contributed by atoms with Crippen LogP contribution in [0.15, 0.2) is 0 Å². The van der Waals surface area contributed by atoms with E-state index in [-0.39, 0.29) is 18.2 Å². The zero-order chi connectivity index (χ0) is 12.3. The number of carbonyl (C=O) groups is 1. The molecule has 4 heteroatoms. The number of carbonyl (C=O) groups excluding carboxylic acids is 1. The van der Waals surface area contributed by atoms with Gasteiger partial charge in [0, 0.05) is 0 Å². The second kappa shape index (κ2) is 5.04.